The van der Waals surface area contributed by atoms with Gasteiger partial charge in [-0.2, -0.15) is 13.2 Å². The van der Waals surface area contributed by atoms with E-state index in [1.165, 1.54) is 12.1 Å². The van der Waals surface area contributed by atoms with Crippen molar-refractivity contribution in [3.05, 3.63) is 71.9 Å². The van der Waals surface area contributed by atoms with Crippen LogP contribution < -0.4 is 15.8 Å². The molecule has 1 unspecified atom stereocenters. The first-order valence-corrected chi connectivity index (χ1v) is 17.2. The fourth-order valence-electron chi connectivity index (χ4n) is 3.80. The maximum absolute atomic E-state index is 13.2. The van der Waals surface area contributed by atoms with Gasteiger partial charge in [0.05, 0.1) is 19.4 Å². The number of alkyl halides is 3. The number of amides is 1. The van der Waals surface area contributed by atoms with Gasteiger partial charge in [0.15, 0.2) is 0 Å². The molecule has 1 atom stereocenters. The Morgan fingerprint density at radius 1 is 1.00 bits per heavy atom. The Kier molecular flexibility index (Phi) is 10.0. The quantitative estimate of drug-likeness (QED) is 0.300. The van der Waals surface area contributed by atoms with Crippen LogP contribution in [0.2, 0.25) is 24.2 Å². The minimum atomic E-state index is -4.41. The zero-order valence-corrected chi connectivity index (χ0v) is 24.4. The number of carbonyl (C=O) groups is 1. The van der Waals surface area contributed by atoms with Gasteiger partial charge >= 0.3 is 6.18 Å². The maximum Gasteiger partial charge on any atom is 0.416 e. The summed E-state index contributed by atoms with van der Waals surface area (Å²) in [6.45, 7) is 14.8. The van der Waals surface area contributed by atoms with Crippen molar-refractivity contribution in [1.82, 2.24) is 10.0 Å². The smallest absolute Gasteiger partial charge is 0.349 e. The van der Waals surface area contributed by atoms with Crippen molar-refractivity contribution in [1.29, 1.82) is 0 Å². The van der Waals surface area contributed by atoms with E-state index in [0.717, 1.165) is 12.1 Å². The van der Waals surface area contributed by atoms with Gasteiger partial charge in [0.1, 0.15) is 0 Å². The third-order valence-corrected chi connectivity index (χ3v) is 13.9. The third-order valence-electron chi connectivity index (χ3n) is 6.99. The molecule has 2 aromatic carbocycles. The van der Waals surface area contributed by atoms with Gasteiger partial charge in [0, 0.05) is 30.3 Å². The van der Waals surface area contributed by atoms with Crippen LogP contribution in [-0.4, -0.2) is 40.7 Å². The van der Waals surface area contributed by atoms with Crippen LogP contribution in [0.15, 0.2) is 60.8 Å². The Hall–Kier alpha value is -2.63. The second-order valence-electron chi connectivity index (χ2n) is 11.2. The lowest BCUT2D eigenvalue weighted by Crippen LogP contribution is -2.46. The molecule has 4 N–H and O–H groups in total. The molecule has 0 bridgehead atoms. The molecule has 0 spiro atoms. The molecule has 2 rings (SSSR count). The molecule has 0 aliphatic rings. The maximum atomic E-state index is 13.2. The number of nitrogens with one attached hydrogen (secondary N) is 2. The van der Waals surface area contributed by atoms with Crippen LogP contribution in [0.25, 0.3) is 11.1 Å². The Balaban J connectivity index is 2.21. The number of carbonyl (C=O) groups excluding carboxylic acids is 1. The SMILES string of the molecule is C=C(CC(C[Si](C)(C)C(C)(C)C)NC(=O)c1ccc(-c2ccc(C(F)(F)F)cc2)cc1)NS(=O)(=O)CCN. The van der Waals surface area contributed by atoms with Gasteiger partial charge in [0.2, 0.25) is 10.0 Å². The van der Waals surface area contributed by atoms with Gasteiger partial charge in [-0.1, -0.05) is 64.7 Å². The predicted octanol–water partition coefficient (Wildman–Crippen LogP) is 5.76. The highest BCUT2D eigenvalue weighted by Crippen LogP contribution is 2.40. The average Bonchev–Trinajstić information content (AvgIpc) is 2.77. The summed E-state index contributed by atoms with van der Waals surface area (Å²) in [7, 11) is -5.49. The Morgan fingerprint density at radius 2 is 1.50 bits per heavy atom. The van der Waals surface area contributed by atoms with Crippen molar-refractivity contribution in [3.63, 3.8) is 0 Å². The van der Waals surface area contributed by atoms with Gasteiger partial charge in [-0.3, -0.25) is 9.52 Å². The minimum absolute atomic E-state index is 0.0186. The lowest BCUT2D eigenvalue weighted by Gasteiger charge is -2.40. The lowest BCUT2D eigenvalue weighted by atomic mass is 10.0. The number of halogens is 3. The van der Waals surface area contributed by atoms with E-state index in [2.05, 4.69) is 50.5 Å². The van der Waals surface area contributed by atoms with Crippen molar-refractivity contribution in [2.45, 2.75) is 63.6 Å². The number of rotatable bonds is 11. The molecule has 0 saturated carbocycles. The second kappa shape index (κ2) is 12.0. The van der Waals surface area contributed by atoms with E-state index in [0.29, 0.717) is 22.7 Å². The zero-order chi connectivity index (χ0) is 28.9. The third kappa shape index (κ3) is 8.99. The number of sulfonamides is 1. The molecular formula is C27H38F3N3O3SSi. The molecule has 11 heteroatoms. The van der Waals surface area contributed by atoms with Crippen LogP contribution in [0.1, 0.15) is 43.1 Å². The van der Waals surface area contributed by atoms with E-state index in [9.17, 15) is 26.4 Å². The number of hydrogen-bond donors (Lipinski definition) is 3. The lowest BCUT2D eigenvalue weighted by molar-refractivity contribution is -0.137. The molecule has 0 aromatic heterocycles. The second-order valence-corrected chi connectivity index (χ2v) is 18.7. The fourth-order valence-corrected chi connectivity index (χ4v) is 6.82. The van der Waals surface area contributed by atoms with Gasteiger partial charge in [-0.05, 0) is 46.5 Å². The number of nitrogens with two attached hydrogens (primary N) is 1. The molecule has 6 nitrogen and oxygen atoms in total. The average molecular weight is 570 g/mol. The van der Waals surface area contributed by atoms with Crippen LogP contribution in [0.4, 0.5) is 13.2 Å². The van der Waals surface area contributed by atoms with Crippen LogP contribution in [0.5, 0.6) is 0 Å². The fraction of sp³-hybridized carbons (Fsp3) is 0.444. The molecule has 0 aliphatic carbocycles. The molecule has 38 heavy (non-hydrogen) atoms. The van der Waals surface area contributed by atoms with Crippen LogP contribution in [-0.2, 0) is 16.2 Å². The van der Waals surface area contributed by atoms with Crippen molar-refractivity contribution in [2.24, 2.45) is 5.73 Å². The van der Waals surface area contributed by atoms with Gasteiger partial charge in [-0.25, -0.2) is 8.42 Å². The summed E-state index contributed by atoms with van der Waals surface area (Å²) >= 11 is 0. The van der Waals surface area contributed by atoms with E-state index in [-0.39, 0.29) is 41.4 Å². The molecule has 0 fully saturated rings. The number of benzene rings is 2. The monoisotopic (exact) mass is 569 g/mol. The summed E-state index contributed by atoms with van der Waals surface area (Å²) < 4.78 is 65.3. The van der Waals surface area contributed by atoms with Gasteiger partial charge < -0.3 is 11.1 Å². The summed E-state index contributed by atoms with van der Waals surface area (Å²) in [6, 6.07) is 11.8. The topological polar surface area (TPSA) is 101 Å². The molecule has 0 radical (unpaired) electrons. The first-order chi connectivity index (χ1) is 17.3. The Morgan fingerprint density at radius 3 is 1.95 bits per heavy atom. The Labute approximate surface area is 225 Å². The van der Waals surface area contributed by atoms with E-state index >= 15 is 0 Å². The molecule has 0 saturated heterocycles. The van der Waals surface area contributed by atoms with Crippen LogP contribution in [0, 0.1) is 0 Å². The standard InChI is InChI=1S/C27H38F3N3O3SSi/c1-19(33-37(35,36)16-15-31)17-24(18-38(5,6)26(2,3)4)32-25(34)22-9-7-20(8-10-22)21-11-13-23(14-12-21)27(28,29)30/h7-14,24,33H,1,15-18,31H2,2-6H3,(H,32,34). The molecular weight excluding hydrogens is 531 g/mol. The van der Waals surface area contributed by atoms with Crippen molar-refractivity contribution < 1.29 is 26.4 Å². The predicted molar refractivity (Wildman–Crippen MR) is 150 cm³/mol. The van der Waals surface area contributed by atoms with E-state index in [1.54, 1.807) is 24.3 Å². The first-order valence-electron chi connectivity index (χ1n) is 12.3. The highest BCUT2D eigenvalue weighted by atomic mass is 32.2. The molecule has 0 aliphatic heterocycles. The summed E-state index contributed by atoms with van der Waals surface area (Å²) in [5.74, 6) is -0.554. The molecule has 210 valence electrons. The van der Waals surface area contributed by atoms with Crippen molar-refractivity contribution >= 4 is 24.0 Å². The summed E-state index contributed by atoms with van der Waals surface area (Å²) in [5.41, 5.74) is 6.59. The van der Waals surface area contributed by atoms with E-state index < -0.39 is 29.8 Å². The first kappa shape index (κ1) is 31.6. The summed E-state index contributed by atoms with van der Waals surface area (Å²) in [5, 5.41) is 3.09. The summed E-state index contributed by atoms with van der Waals surface area (Å²) in [4.78, 5) is 13.2. The van der Waals surface area contributed by atoms with Crippen molar-refractivity contribution in [2.75, 3.05) is 12.3 Å². The van der Waals surface area contributed by atoms with Gasteiger partial charge in [-0.15, -0.1) is 0 Å². The van der Waals surface area contributed by atoms with Crippen LogP contribution in [0.3, 0.4) is 0 Å². The van der Waals surface area contributed by atoms with E-state index in [1.807, 2.05) is 0 Å². The normalized spacial score (nSPS) is 13.6. The van der Waals surface area contributed by atoms with E-state index in [4.69, 9.17) is 5.73 Å². The highest BCUT2D eigenvalue weighted by molar-refractivity contribution is 7.89. The van der Waals surface area contributed by atoms with Crippen molar-refractivity contribution in [3.8, 4) is 11.1 Å². The largest absolute Gasteiger partial charge is 0.416 e. The summed E-state index contributed by atoms with van der Waals surface area (Å²) in [6.07, 6.45) is -4.18. The number of hydrogen-bond acceptors (Lipinski definition) is 4. The molecule has 1 amide bonds. The van der Waals surface area contributed by atoms with Crippen LogP contribution >= 0.6 is 0 Å². The molecule has 0 heterocycles. The zero-order valence-electron chi connectivity index (χ0n) is 22.6. The highest BCUT2D eigenvalue weighted by Gasteiger charge is 2.37. The minimum Gasteiger partial charge on any atom is -0.349 e. The Bertz CT molecular complexity index is 1220. The molecule has 2 aromatic rings. The van der Waals surface area contributed by atoms with Gasteiger partial charge in [0.25, 0.3) is 5.91 Å².